The second-order valence-electron chi connectivity index (χ2n) is 4.73. The monoisotopic (exact) mass is 244 g/mol. The Morgan fingerprint density at radius 2 is 1.94 bits per heavy atom. The molecular formula is C14H20N4. The molecule has 4 nitrogen and oxygen atoms in total. The molecule has 0 aliphatic rings. The van der Waals surface area contributed by atoms with Crippen LogP contribution in [0.3, 0.4) is 0 Å². The van der Waals surface area contributed by atoms with E-state index >= 15 is 0 Å². The molecule has 0 aliphatic heterocycles. The smallest absolute Gasteiger partial charge is 0.0647 e. The van der Waals surface area contributed by atoms with Crippen molar-refractivity contribution in [2.75, 3.05) is 7.05 Å². The fourth-order valence-electron chi connectivity index (χ4n) is 2.42. The van der Waals surface area contributed by atoms with E-state index in [-0.39, 0.29) is 6.04 Å². The van der Waals surface area contributed by atoms with Gasteiger partial charge in [-0.2, -0.15) is 5.10 Å². The molecule has 0 saturated heterocycles. The number of hydrogen-bond acceptors (Lipinski definition) is 3. The van der Waals surface area contributed by atoms with Gasteiger partial charge in [-0.1, -0.05) is 6.07 Å². The summed E-state index contributed by atoms with van der Waals surface area (Å²) in [5.74, 6) is 0. The fourth-order valence-corrected chi connectivity index (χ4v) is 2.42. The van der Waals surface area contributed by atoms with Crippen molar-refractivity contribution in [1.29, 1.82) is 0 Å². The molecule has 1 unspecified atom stereocenters. The summed E-state index contributed by atoms with van der Waals surface area (Å²) >= 11 is 0. The quantitative estimate of drug-likeness (QED) is 0.898. The van der Waals surface area contributed by atoms with Crippen LogP contribution in [0.25, 0.3) is 0 Å². The minimum absolute atomic E-state index is 0.145. The van der Waals surface area contributed by atoms with Crippen LogP contribution < -0.4 is 5.32 Å². The number of aryl methyl sites for hydroxylation is 3. The summed E-state index contributed by atoms with van der Waals surface area (Å²) in [7, 11) is 3.95. The summed E-state index contributed by atoms with van der Waals surface area (Å²) in [5.41, 5.74) is 5.85. The molecule has 1 N–H and O–H groups in total. The zero-order valence-electron chi connectivity index (χ0n) is 11.7. The molecule has 96 valence electrons. The van der Waals surface area contributed by atoms with Crippen LogP contribution in [0, 0.1) is 20.8 Å². The third-order valence-corrected chi connectivity index (χ3v) is 3.37. The number of hydrogen-bond donors (Lipinski definition) is 1. The Morgan fingerprint density at radius 3 is 2.44 bits per heavy atom. The molecule has 0 bridgehead atoms. The predicted molar refractivity (Wildman–Crippen MR) is 72.6 cm³/mol. The number of pyridine rings is 1. The van der Waals surface area contributed by atoms with E-state index in [2.05, 4.69) is 42.2 Å². The Bertz CT molecular complexity index is 557. The number of rotatable bonds is 3. The highest BCUT2D eigenvalue weighted by Crippen LogP contribution is 2.26. The zero-order valence-corrected chi connectivity index (χ0v) is 11.7. The lowest BCUT2D eigenvalue weighted by molar-refractivity contribution is 0.675. The lowest BCUT2D eigenvalue weighted by Crippen LogP contribution is -2.19. The van der Waals surface area contributed by atoms with E-state index in [0.29, 0.717) is 0 Å². The third-order valence-electron chi connectivity index (χ3n) is 3.37. The van der Waals surface area contributed by atoms with E-state index in [4.69, 9.17) is 0 Å². The van der Waals surface area contributed by atoms with Crippen LogP contribution in [0.15, 0.2) is 18.5 Å². The van der Waals surface area contributed by atoms with Crippen molar-refractivity contribution in [2.24, 2.45) is 7.05 Å². The normalized spacial score (nSPS) is 12.7. The van der Waals surface area contributed by atoms with E-state index < -0.39 is 0 Å². The van der Waals surface area contributed by atoms with Gasteiger partial charge in [-0.25, -0.2) is 0 Å². The lowest BCUT2D eigenvalue weighted by Gasteiger charge is -2.17. The van der Waals surface area contributed by atoms with Gasteiger partial charge in [-0.3, -0.25) is 9.67 Å². The van der Waals surface area contributed by atoms with Gasteiger partial charge < -0.3 is 5.32 Å². The van der Waals surface area contributed by atoms with Crippen LogP contribution in [-0.4, -0.2) is 21.8 Å². The van der Waals surface area contributed by atoms with Gasteiger partial charge in [-0.05, 0) is 38.9 Å². The van der Waals surface area contributed by atoms with E-state index in [1.54, 1.807) is 0 Å². The van der Waals surface area contributed by atoms with Crippen LogP contribution in [0.5, 0.6) is 0 Å². The van der Waals surface area contributed by atoms with Crippen LogP contribution in [0.1, 0.15) is 34.1 Å². The second-order valence-corrected chi connectivity index (χ2v) is 4.73. The van der Waals surface area contributed by atoms with Crippen LogP contribution in [0.4, 0.5) is 0 Å². The largest absolute Gasteiger partial charge is 0.309 e. The first kappa shape index (κ1) is 12.8. The summed E-state index contributed by atoms with van der Waals surface area (Å²) in [6.45, 7) is 6.21. The van der Waals surface area contributed by atoms with Gasteiger partial charge in [0.1, 0.15) is 0 Å². The van der Waals surface area contributed by atoms with Crippen molar-refractivity contribution in [3.63, 3.8) is 0 Å². The van der Waals surface area contributed by atoms with Crippen molar-refractivity contribution in [3.05, 3.63) is 46.5 Å². The summed E-state index contributed by atoms with van der Waals surface area (Å²) in [6.07, 6.45) is 3.79. The molecule has 2 heterocycles. The molecule has 2 aromatic rings. The highest BCUT2D eigenvalue weighted by molar-refractivity contribution is 5.36. The van der Waals surface area contributed by atoms with Crippen molar-refractivity contribution >= 4 is 0 Å². The predicted octanol–water partition coefficient (Wildman–Crippen LogP) is 2.05. The Morgan fingerprint density at radius 1 is 1.22 bits per heavy atom. The maximum absolute atomic E-state index is 4.48. The standard InChI is InChI=1S/C14H20N4/c1-9-6-12(8-16-7-9)14(15-4)13-10(2)17-18(5)11(13)3/h6-8,14-15H,1-5H3. The Labute approximate surface area is 108 Å². The minimum Gasteiger partial charge on any atom is -0.309 e. The van der Waals surface area contributed by atoms with E-state index in [1.165, 1.54) is 22.4 Å². The fraction of sp³-hybridized carbons (Fsp3) is 0.429. The Kier molecular flexibility index (Phi) is 3.48. The van der Waals surface area contributed by atoms with Gasteiger partial charge in [0.2, 0.25) is 0 Å². The SMILES string of the molecule is CNC(c1cncc(C)c1)c1c(C)nn(C)c1C. The van der Waals surface area contributed by atoms with Crippen LogP contribution >= 0.6 is 0 Å². The first-order valence-corrected chi connectivity index (χ1v) is 6.13. The maximum Gasteiger partial charge on any atom is 0.0647 e. The topological polar surface area (TPSA) is 42.7 Å². The van der Waals surface area contributed by atoms with Crippen molar-refractivity contribution in [1.82, 2.24) is 20.1 Å². The molecule has 0 aromatic carbocycles. The molecule has 4 heteroatoms. The summed E-state index contributed by atoms with van der Waals surface area (Å²) in [4.78, 5) is 4.28. The summed E-state index contributed by atoms with van der Waals surface area (Å²) in [6, 6.07) is 2.31. The molecule has 0 aliphatic carbocycles. The van der Waals surface area contributed by atoms with Crippen molar-refractivity contribution < 1.29 is 0 Å². The van der Waals surface area contributed by atoms with Gasteiger partial charge in [0.15, 0.2) is 0 Å². The molecule has 0 saturated carbocycles. The molecule has 0 fully saturated rings. The molecule has 0 radical (unpaired) electrons. The minimum atomic E-state index is 0.145. The molecule has 0 spiro atoms. The molecular weight excluding hydrogens is 224 g/mol. The van der Waals surface area contributed by atoms with Crippen LogP contribution in [-0.2, 0) is 7.05 Å². The van der Waals surface area contributed by atoms with Gasteiger partial charge >= 0.3 is 0 Å². The van der Waals surface area contributed by atoms with Crippen LogP contribution in [0.2, 0.25) is 0 Å². The molecule has 0 amide bonds. The lowest BCUT2D eigenvalue weighted by atomic mass is 9.98. The maximum atomic E-state index is 4.48. The highest BCUT2D eigenvalue weighted by atomic mass is 15.3. The zero-order chi connectivity index (χ0) is 13.3. The van der Waals surface area contributed by atoms with Gasteiger partial charge in [0.25, 0.3) is 0 Å². The number of nitrogens with one attached hydrogen (secondary N) is 1. The second kappa shape index (κ2) is 4.90. The van der Waals surface area contributed by atoms with Crippen molar-refractivity contribution in [3.8, 4) is 0 Å². The number of nitrogens with zero attached hydrogens (tertiary/aromatic N) is 3. The number of aromatic nitrogens is 3. The first-order chi connectivity index (χ1) is 8.54. The van der Waals surface area contributed by atoms with Gasteiger partial charge in [0.05, 0.1) is 11.7 Å². The molecule has 18 heavy (non-hydrogen) atoms. The van der Waals surface area contributed by atoms with Crippen molar-refractivity contribution in [2.45, 2.75) is 26.8 Å². The third kappa shape index (κ3) is 2.16. The Hall–Kier alpha value is -1.68. The average molecular weight is 244 g/mol. The van der Waals surface area contributed by atoms with Gasteiger partial charge in [-0.15, -0.1) is 0 Å². The molecule has 2 rings (SSSR count). The van der Waals surface area contributed by atoms with Gasteiger partial charge in [0, 0.05) is 30.7 Å². The summed E-state index contributed by atoms with van der Waals surface area (Å²) < 4.78 is 1.93. The summed E-state index contributed by atoms with van der Waals surface area (Å²) in [5, 5.41) is 7.85. The first-order valence-electron chi connectivity index (χ1n) is 6.13. The van der Waals surface area contributed by atoms with E-state index in [9.17, 15) is 0 Å². The highest BCUT2D eigenvalue weighted by Gasteiger charge is 2.20. The Balaban J connectivity index is 2.52. The average Bonchev–Trinajstić information content (AvgIpc) is 2.57. The van der Waals surface area contributed by atoms with E-state index in [1.807, 2.05) is 31.2 Å². The molecule has 1 atom stereocenters. The molecule has 2 aromatic heterocycles. The van der Waals surface area contributed by atoms with E-state index in [0.717, 1.165) is 5.69 Å².